The lowest BCUT2D eigenvalue weighted by Crippen LogP contribution is -2.44. The van der Waals surface area contributed by atoms with Crippen molar-refractivity contribution in [1.29, 1.82) is 0 Å². The summed E-state index contributed by atoms with van der Waals surface area (Å²) in [5, 5.41) is 15.1. The molecule has 0 radical (unpaired) electrons. The first kappa shape index (κ1) is 23.5. The lowest BCUT2D eigenvalue weighted by Gasteiger charge is -2.22. The van der Waals surface area contributed by atoms with E-state index in [1.807, 2.05) is 67.3 Å². The molecule has 32 heavy (non-hydrogen) atoms. The first-order chi connectivity index (χ1) is 15.3. The summed E-state index contributed by atoms with van der Waals surface area (Å²) in [6.45, 7) is 4.55. The lowest BCUT2D eigenvalue weighted by atomic mass is 10.1. The predicted molar refractivity (Wildman–Crippen MR) is 123 cm³/mol. The van der Waals surface area contributed by atoms with E-state index in [9.17, 15) is 19.5 Å². The van der Waals surface area contributed by atoms with Crippen molar-refractivity contribution >= 4 is 23.5 Å². The van der Waals surface area contributed by atoms with E-state index in [4.69, 9.17) is 0 Å². The molecule has 7 heteroatoms. The number of rotatable bonds is 11. The van der Waals surface area contributed by atoms with Crippen LogP contribution in [0.15, 0.2) is 48.5 Å². The van der Waals surface area contributed by atoms with Gasteiger partial charge in [-0.15, -0.1) is 0 Å². The summed E-state index contributed by atoms with van der Waals surface area (Å²) in [4.78, 5) is 38.7. The Kier molecular flexibility index (Phi) is 8.00. The molecule has 1 aliphatic carbocycles. The minimum atomic E-state index is -1.06. The Labute approximate surface area is 188 Å². The van der Waals surface area contributed by atoms with Crippen molar-refractivity contribution in [2.24, 2.45) is 0 Å². The second-order valence-electron chi connectivity index (χ2n) is 8.47. The summed E-state index contributed by atoms with van der Waals surface area (Å²) in [5.41, 5.74) is 3.72. The minimum Gasteiger partial charge on any atom is -0.480 e. The number of carboxylic acid groups (broad SMARTS) is 1. The van der Waals surface area contributed by atoms with E-state index in [2.05, 4.69) is 10.6 Å². The van der Waals surface area contributed by atoms with E-state index in [-0.39, 0.29) is 31.2 Å². The fourth-order valence-electron chi connectivity index (χ4n) is 3.64. The molecule has 3 rings (SSSR count). The maximum Gasteiger partial charge on any atom is 0.326 e. The van der Waals surface area contributed by atoms with Crippen molar-refractivity contribution in [3.8, 4) is 0 Å². The quantitative estimate of drug-likeness (QED) is 0.502. The molecule has 0 spiro atoms. The number of aliphatic carboxylic acids is 1. The number of amides is 2. The monoisotopic (exact) mass is 437 g/mol. The Hall–Kier alpha value is -3.19. The van der Waals surface area contributed by atoms with Crippen molar-refractivity contribution in [2.45, 2.75) is 51.6 Å². The van der Waals surface area contributed by atoms with Gasteiger partial charge in [0.25, 0.3) is 0 Å². The topological polar surface area (TPSA) is 98.7 Å². The van der Waals surface area contributed by atoms with Crippen molar-refractivity contribution in [3.05, 3.63) is 65.2 Å². The van der Waals surface area contributed by atoms with Crippen LogP contribution >= 0.6 is 0 Å². The standard InChI is InChI=1S/C25H31N3O4/c1-17-8-9-18(2)21(14-17)26-24(30)16-28(20-10-11-20)13-12-23(29)27-22(25(31)32)15-19-6-4-3-5-7-19/h3-9,14,20,22H,10-13,15-16H2,1-2H3,(H,26,30)(H,27,29)(H,31,32). The van der Waals surface area contributed by atoms with Crippen LogP contribution in [0.25, 0.3) is 0 Å². The lowest BCUT2D eigenvalue weighted by molar-refractivity contribution is -0.141. The number of aryl methyl sites for hydroxylation is 2. The molecule has 7 nitrogen and oxygen atoms in total. The zero-order valence-electron chi connectivity index (χ0n) is 18.6. The molecule has 1 unspecified atom stereocenters. The third-order valence-electron chi connectivity index (χ3n) is 5.62. The van der Waals surface area contributed by atoms with Crippen LogP contribution in [0, 0.1) is 13.8 Å². The van der Waals surface area contributed by atoms with E-state index in [0.717, 1.165) is 35.2 Å². The van der Waals surface area contributed by atoms with Gasteiger partial charge in [0.05, 0.1) is 6.54 Å². The summed E-state index contributed by atoms with van der Waals surface area (Å²) in [5.74, 6) is -1.50. The molecule has 2 amide bonds. The van der Waals surface area contributed by atoms with Gasteiger partial charge in [-0.05, 0) is 49.4 Å². The highest BCUT2D eigenvalue weighted by atomic mass is 16.4. The average Bonchev–Trinajstić information content (AvgIpc) is 3.59. The van der Waals surface area contributed by atoms with E-state index in [1.165, 1.54) is 0 Å². The van der Waals surface area contributed by atoms with Crippen LogP contribution in [-0.2, 0) is 20.8 Å². The van der Waals surface area contributed by atoms with E-state index < -0.39 is 12.0 Å². The predicted octanol–water partition coefficient (Wildman–Crippen LogP) is 2.91. The summed E-state index contributed by atoms with van der Waals surface area (Å²) in [7, 11) is 0. The zero-order chi connectivity index (χ0) is 23.1. The summed E-state index contributed by atoms with van der Waals surface area (Å²) < 4.78 is 0. The average molecular weight is 438 g/mol. The second kappa shape index (κ2) is 10.9. The maximum absolute atomic E-state index is 12.6. The molecule has 1 saturated carbocycles. The van der Waals surface area contributed by atoms with Gasteiger partial charge in [0.2, 0.25) is 11.8 Å². The van der Waals surface area contributed by atoms with Gasteiger partial charge < -0.3 is 15.7 Å². The van der Waals surface area contributed by atoms with Gasteiger partial charge in [0.1, 0.15) is 6.04 Å². The molecule has 3 N–H and O–H groups in total. The molecule has 0 saturated heterocycles. The normalized spacial score (nSPS) is 14.1. The minimum absolute atomic E-state index is 0.113. The highest BCUT2D eigenvalue weighted by Gasteiger charge is 2.31. The third kappa shape index (κ3) is 7.20. The van der Waals surface area contributed by atoms with Crippen molar-refractivity contribution in [1.82, 2.24) is 10.2 Å². The summed E-state index contributed by atoms with van der Waals surface area (Å²) in [6, 6.07) is 14.5. The molecule has 170 valence electrons. The van der Waals surface area contributed by atoms with Gasteiger partial charge in [-0.25, -0.2) is 4.79 Å². The number of hydrogen-bond acceptors (Lipinski definition) is 4. The molecule has 1 fully saturated rings. The van der Waals surface area contributed by atoms with Crippen LogP contribution in [0.4, 0.5) is 5.69 Å². The fraction of sp³-hybridized carbons (Fsp3) is 0.400. The largest absolute Gasteiger partial charge is 0.480 e. The van der Waals surface area contributed by atoms with E-state index >= 15 is 0 Å². The number of benzene rings is 2. The number of carbonyl (C=O) groups is 3. The van der Waals surface area contributed by atoms with Crippen LogP contribution < -0.4 is 10.6 Å². The molecular weight excluding hydrogens is 406 g/mol. The van der Waals surface area contributed by atoms with Crippen LogP contribution in [-0.4, -0.2) is 53.0 Å². The van der Waals surface area contributed by atoms with Crippen LogP contribution in [0.3, 0.4) is 0 Å². The van der Waals surface area contributed by atoms with Gasteiger partial charge >= 0.3 is 5.97 Å². The Balaban J connectivity index is 1.51. The third-order valence-corrected chi connectivity index (χ3v) is 5.62. The first-order valence-electron chi connectivity index (χ1n) is 11.0. The number of nitrogens with one attached hydrogen (secondary N) is 2. The number of anilines is 1. The summed E-state index contributed by atoms with van der Waals surface area (Å²) in [6.07, 6.45) is 2.38. The van der Waals surface area contributed by atoms with Crippen molar-refractivity contribution in [3.63, 3.8) is 0 Å². The molecule has 0 heterocycles. The molecule has 0 aliphatic heterocycles. The Bertz CT molecular complexity index is 957. The Morgan fingerprint density at radius 3 is 2.44 bits per heavy atom. The molecule has 2 aromatic carbocycles. The molecule has 1 aliphatic rings. The first-order valence-corrected chi connectivity index (χ1v) is 11.0. The molecular formula is C25H31N3O4. The second-order valence-corrected chi connectivity index (χ2v) is 8.47. The van der Waals surface area contributed by atoms with Gasteiger partial charge in [0, 0.05) is 31.1 Å². The Morgan fingerprint density at radius 1 is 1.06 bits per heavy atom. The maximum atomic E-state index is 12.6. The van der Waals surface area contributed by atoms with Crippen molar-refractivity contribution in [2.75, 3.05) is 18.4 Å². The number of hydrogen-bond donors (Lipinski definition) is 3. The highest BCUT2D eigenvalue weighted by Crippen LogP contribution is 2.27. The van der Waals surface area contributed by atoms with E-state index in [1.54, 1.807) is 0 Å². The number of nitrogens with zero attached hydrogens (tertiary/aromatic N) is 1. The molecule has 0 aromatic heterocycles. The molecule has 0 bridgehead atoms. The number of carboxylic acids is 1. The smallest absolute Gasteiger partial charge is 0.326 e. The highest BCUT2D eigenvalue weighted by molar-refractivity contribution is 5.93. The van der Waals surface area contributed by atoms with Gasteiger partial charge in [-0.3, -0.25) is 14.5 Å². The summed E-state index contributed by atoms with van der Waals surface area (Å²) >= 11 is 0. The number of carbonyl (C=O) groups excluding carboxylic acids is 2. The zero-order valence-corrected chi connectivity index (χ0v) is 18.6. The molecule has 2 aromatic rings. The SMILES string of the molecule is Cc1ccc(C)c(NC(=O)CN(CCC(=O)NC(Cc2ccccc2)C(=O)O)C2CC2)c1. The molecule has 1 atom stereocenters. The van der Waals surface area contributed by atoms with Gasteiger partial charge in [0.15, 0.2) is 0 Å². The van der Waals surface area contributed by atoms with Crippen LogP contribution in [0.5, 0.6) is 0 Å². The van der Waals surface area contributed by atoms with Crippen LogP contribution in [0.1, 0.15) is 36.0 Å². The fourth-order valence-corrected chi connectivity index (χ4v) is 3.64. The van der Waals surface area contributed by atoms with Gasteiger partial charge in [-0.2, -0.15) is 0 Å². The van der Waals surface area contributed by atoms with Crippen molar-refractivity contribution < 1.29 is 19.5 Å². The van der Waals surface area contributed by atoms with Crippen LogP contribution in [0.2, 0.25) is 0 Å². The van der Waals surface area contributed by atoms with Gasteiger partial charge in [-0.1, -0.05) is 42.5 Å². The Morgan fingerprint density at radius 2 is 1.78 bits per heavy atom. The van der Waals surface area contributed by atoms with E-state index in [0.29, 0.717) is 12.6 Å².